The molecule has 45 heavy (non-hydrogen) atoms. The molecule has 0 aliphatic rings. The van der Waals surface area contributed by atoms with Crippen molar-refractivity contribution in [2.75, 3.05) is 6.61 Å². The molecule has 0 aliphatic carbocycles. The van der Waals surface area contributed by atoms with Gasteiger partial charge in [-0.25, -0.2) is 18.7 Å². The number of hydrogen-bond acceptors (Lipinski definition) is 8. The number of pyridine rings is 2. The molecule has 12 heteroatoms. The monoisotopic (exact) mass is 622 g/mol. The number of ether oxygens (including phenoxy) is 2. The molecule has 2 aromatic heterocycles. The van der Waals surface area contributed by atoms with Crippen molar-refractivity contribution in [3.8, 4) is 11.5 Å². The fraction of sp³-hybridized carbons (Fsp3) is 0.333. The Hall–Kier alpha value is -5.00. The molecule has 2 N–H and O–H groups in total. The van der Waals surface area contributed by atoms with Crippen LogP contribution in [0.2, 0.25) is 0 Å². The minimum atomic E-state index is -1.10. The maximum atomic E-state index is 15.3. The van der Waals surface area contributed by atoms with Crippen LogP contribution in [-0.4, -0.2) is 56.4 Å². The van der Waals surface area contributed by atoms with Gasteiger partial charge < -0.3 is 19.7 Å². The molecule has 0 saturated heterocycles. The van der Waals surface area contributed by atoms with E-state index in [0.717, 1.165) is 0 Å². The quantitative estimate of drug-likeness (QED) is 0.142. The topological polar surface area (TPSA) is 153 Å². The lowest BCUT2D eigenvalue weighted by Crippen LogP contribution is -2.28. The molecule has 10 nitrogen and oxygen atoms in total. The standard InChI is InChI=1S/C33H32F2N2O8/c1-18(45-28-13-9-22-20(32(28)35)5-7-24(37-22)26(39)11-15-30(42)43)16-33(2,3)17-44-27-12-8-21-19(31(27)34)4-6-23(36-21)25(38)10-14-29(40)41/h4-9,12-13,18H,10-11,14-17H2,1-3H3,(H,40,41)(H,42,43). The summed E-state index contributed by atoms with van der Waals surface area (Å²) in [6.07, 6.45) is -1.12. The zero-order valence-corrected chi connectivity index (χ0v) is 24.9. The summed E-state index contributed by atoms with van der Waals surface area (Å²) < 4.78 is 42.2. The Morgan fingerprint density at radius 3 is 1.69 bits per heavy atom. The highest BCUT2D eigenvalue weighted by atomic mass is 19.1. The number of carboxylic acids is 2. The van der Waals surface area contributed by atoms with Gasteiger partial charge in [0.05, 0.1) is 36.6 Å². The molecule has 0 aliphatic heterocycles. The molecule has 0 radical (unpaired) electrons. The number of carbonyl (C=O) groups excluding carboxylic acids is 2. The largest absolute Gasteiger partial charge is 0.490 e. The van der Waals surface area contributed by atoms with E-state index in [1.54, 1.807) is 6.92 Å². The van der Waals surface area contributed by atoms with E-state index >= 15 is 8.78 Å². The minimum Gasteiger partial charge on any atom is -0.490 e. The first-order valence-electron chi connectivity index (χ1n) is 14.2. The van der Waals surface area contributed by atoms with Crippen LogP contribution in [0.4, 0.5) is 8.78 Å². The molecular weight excluding hydrogens is 590 g/mol. The summed E-state index contributed by atoms with van der Waals surface area (Å²) >= 11 is 0. The van der Waals surface area contributed by atoms with Crippen LogP contribution in [0, 0.1) is 17.0 Å². The van der Waals surface area contributed by atoms with Gasteiger partial charge in [0.25, 0.3) is 0 Å². The molecule has 4 rings (SSSR count). The molecule has 236 valence electrons. The maximum absolute atomic E-state index is 15.3. The second-order valence-electron chi connectivity index (χ2n) is 11.5. The number of hydrogen-bond donors (Lipinski definition) is 2. The Bertz CT molecular complexity index is 1790. The van der Waals surface area contributed by atoms with E-state index in [-0.39, 0.29) is 77.0 Å². The fourth-order valence-corrected chi connectivity index (χ4v) is 4.87. The Morgan fingerprint density at radius 1 is 0.733 bits per heavy atom. The zero-order valence-electron chi connectivity index (χ0n) is 24.9. The first kappa shape index (κ1) is 32.9. The van der Waals surface area contributed by atoms with Crippen LogP contribution in [0.3, 0.4) is 0 Å². The summed E-state index contributed by atoms with van der Waals surface area (Å²) in [7, 11) is 0. The van der Waals surface area contributed by atoms with Gasteiger partial charge in [0.2, 0.25) is 0 Å². The van der Waals surface area contributed by atoms with Gasteiger partial charge in [-0.2, -0.15) is 0 Å². The van der Waals surface area contributed by atoms with Crippen LogP contribution in [0.15, 0.2) is 48.5 Å². The SMILES string of the molecule is CC(CC(C)(C)COc1ccc2nc(C(=O)CCC(=O)O)ccc2c1F)Oc1ccc2nc(C(=O)CCC(=O)O)ccc2c1F. The molecule has 1 atom stereocenters. The van der Waals surface area contributed by atoms with Crippen LogP contribution >= 0.6 is 0 Å². The Morgan fingerprint density at radius 2 is 1.20 bits per heavy atom. The number of carboxylic acid groups (broad SMARTS) is 2. The number of ketones is 2. The van der Waals surface area contributed by atoms with Crippen LogP contribution in [0.5, 0.6) is 11.5 Å². The Labute approximate surface area is 257 Å². The number of aliphatic carboxylic acids is 2. The van der Waals surface area contributed by atoms with Crippen molar-refractivity contribution in [2.45, 2.75) is 59.0 Å². The Balaban J connectivity index is 1.38. The van der Waals surface area contributed by atoms with Gasteiger partial charge in [-0.15, -0.1) is 0 Å². The van der Waals surface area contributed by atoms with Gasteiger partial charge in [0.1, 0.15) is 11.4 Å². The normalized spacial score (nSPS) is 12.2. The first-order valence-corrected chi connectivity index (χ1v) is 14.2. The third-order valence-corrected chi connectivity index (χ3v) is 7.03. The lowest BCUT2D eigenvalue weighted by molar-refractivity contribution is -0.137. The number of nitrogens with zero attached hydrogens (tertiary/aromatic N) is 2. The van der Waals surface area contributed by atoms with E-state index in [9.17, 15) is 19.2 Å². The van der Waals surface area contributed by atoms with Crippen molar-refractivity contribution in [3.63, 3.8) is 0 Å². The predicted octanol–water partition coefficient (Wildman–Crippen LogP) is 6.42. The van der Waals surface area contributed by atoms with E-state index in [1.165, 1.54) is 48.5 Å². The molecule has 2 heterocycles. The Kier molecular flexibility index (Phi) is 10.1. The minimum absolute atomic E-state index is 0.00708. The average Bonchev–Trinajstić information content (AvgIpc) is 2.99. The number of rotatable bonds is 15. The molecule has 0 fully saturated rings. The second-order valence-corrected chi connectivity index (χ2v) is 11.5. The summed E-state index contributed by atoms with van der Waals surface area (Å²) in [6, 6.07) is 11.4. The van der Waals surface area contributed by atoms with E-state index < -0.39 is 46.7 Å². The fourth-order valence-electron chi connectivity index (χ4n) is 4.87. The van der Waals surface area contributed by atoms with Gasteiger partial charge in [-0.05, 0) is 61.9 Å². The highest BCUT2D eigenvalue weighted by molar-refractivity contribution is 5.98. The number of benzene rings is 2. The van der Waals surface area contributed by atoms with Crippen LogP contribution in [0.25, 0.3) is 21.8 Å². The average molecular weight is 623 g/mol. The third-order valence-electron chi connectivity index (χ3n) is 7.03. The molecule has 0 amide bonds. The van der Waals surface area contributed by atoms with Crippen molar-refractivity contribution in [1.29, 1.82) is 0 Å². The highest BCUT2D eigenvalue weighted by Crippen LogP contribution is 2.32. The maximum Gasteiger partial charge on any atom is 0.303 e. The number of halogens is 2. The van der Waals surface area contributed by atoms with Gasteiger partial charge in [0, 0.05) is 29.0 Å². The summed E-state index contributed by atoms with van der Waals surface area (Å²) in [5.74, 6) is -4.41. The summed E-state index contributed by atoms with van der Waals surface area (Å²) in [4.78, 5) is 54.2. The molecular formula is C33H32F2N2O8. The van der Waals surface area contributed by atoms with Crippen molar-refractivity contribution >= 4 is 45.3 Å². The third kappa shape index (κ3) is 8.34. The van der Waals surface area contributed by atoms with Gasteiger partial charge in [-0.3, -0.25) is 19.2 Å². The van der Waals surface area contributed by atoms with Crippen molar-refractivity contribution in [1.82, 2.24) is 9.97 Å². The smallest absolute Gasteiger partial charge is 0.303 e. The number of Topliss-reactive ketones (excluding diaryl/α,β-unsaturated/α-hetero) is 2. The molecule has 0 saturated carbocycles. The van der Waals surface area contributed by atoms with Crippen LogP contribution in [0.1, 0.15) is 73.9 Å². The summed E-state index contributed by atoms with van der Waals surface area (Å²) in [6.45, 7) is 5.66. The molecule has 1 unspecified atom stereocenters. The molecule has 2 aromatic carbocycles. The molecule has 4 aromatic rings. The lowest BCUT2D eigenvalue weighted by Gasteiger charge is -2.28. The predicted molar refractivity (Wildman–Crippen MR) is 160 cm³/mol. The van der Waals surface area contributed by atoms with Gasteiger partial charge in [0.15, 0.2) is 34.7 Å². The van der Waals surface area contributed by atoms with E-state index in [1.807, 2.05) is 13.8 Å². The lowest BCUT2D eigenvalue weighted by atomic mass is 9.88. The van der Waals surface area contributed by atoms with Gasteiger partial charge in [-0.1, -0.05) is 13.8 Å². The molecule has 0 spiro atoms. The summed E-state index contributed by atoms with van der Waals surface area (Å²) in [5.41, 5.74) is 0.0456. The first-order chi connectivity index (χ1) is 21.2. The summed E-state index contributed by atoms with van der Waals surface area (Å²) in [5, 5.41) is 17.9. The van der Waals surface area contributed by atoms with Crippen molar-refractivity contribution in [2.24, 2.45) is 5.41 Å². The van der Waals surface area contributed by atoms with Gasteiger partial charge >= 0.3 is 11.9 Å². The zero-order chi connectivity index (χ0) is 32.9. The van der Waals surface area contributed by atoms with Crippen molar-refractivity contribution in [3.05, 3.63) is 71.6 Å². The number of fused-ring (bicyclic) bond motifs is 2. The number of aromatic nitrogens is 2. The van der Waals surface area contributed by atoms with Crippen LogP contribution < -0.4 is 9.47 Å². The van der Waals surface area contributed by atoms with Crippen molar-refractivity contribution < 1.29 is 47.6 Å². The van der Waals surface area contributed by atoms with E-state index in [4.69, 9.17) is 19.7 Å². The van der Waals surface area contributed by atoms with Crippen LogP contribution in [-0.2, 0) is 9.59 Å². The van der Waals surface area contributed by atoms with E-state index in [2.05, 4.69) is 9.97 Å². The van der Waals surface area contributed by atoms with E-state index in [0.29, 0.717) is 6.42 Å². The highest BCUT2D eigenvalue weighted by Gasteiger charge is 2.25. The second kappa shape index (κ2) is 13.7. The molecule has 0 bridgehead atoms. The number of carbonyl (C=O) groups is 4.